The molecule has 25 heavy (non-hydrogen) atoms. The topological polar surface area (TPSA) is 52.6 Å². The fraction of sp³-hybridized carbons (Fsp3) is 0.0952. The van der Waals surface area contributed by atoms with Crippen molar-refractivity contribution < 1.29 is 9.90 Å². The van der Waals surface area contributed by atoms with Crippen molar-refractivity contribution in [3.63, 3.8) is 0 Å². The van der Waals surface area contributed by atoms with Crippen LogP contribution >= 0.6 is 0 Å². The number of benzene rings is 3. The van der Waals surface area contributed by atoms with Gasteiger partial charge in [-0.25, -0.2) is 4.79 Å². The second-order valence-corrected chi connectivity index (χ2v) is 6.00. The highest BCUT2D eigenvalue weighted by Gasteiger charge is 2.12. The first-order valence-corrected chi connectivity index (χ1v) is 8.02. The zero-order chi connectivity index (χ0) is 17.8. The Hall–Kier alpha value is -3.27. The van der Waals surface area contributed by atoms with Gasteiger partial charge in [0.1, 0.15) is 0 Å². The predicted molar refractivity (Wildman–Crippen MR) is 103 cm³/mol. The summed E-state index contributed by atoms with van der Waals surface area (Å²) in [5.74, 6) is -0.952. The largest absolute Gasteiger partial charge is 0.478 e. The van der Waals surface area contributed by atoms with Gasteiger partial charge < -0.3 is 15.3 Å². The lowest BCUT2D eigenvalue weighted by Gasteiger charge is -2.15. The Labute approximate surface area is 147 Å². The molecule has 0 radical (unpaired) electrons. The van der Waals surface area contributed by atoms with E-state index in [-0.39, 0.29) is 5.56 Å². The minimum absolute atomic E-state index is 0.247. The van der Waals surface area contributed by atoms with Crippen molar-refractivity contribution in [1.82, 2.24) is 0 Å². The van der Waals surface area contributed by atoms with Crippen molar-refractivity contribution in [3.05, 3.63) is 78.4 Å². The molecule has 0 unspecified atom stereocenters. The predicted octanol–water partition coefficient (Wildman–Crippen LogP) is 4.86. The molecular formula is C21H20N2O2. The van der Waals surface area contributed by atoms with E-state index < -0.39 is 5.97 Å². The third-order valence-corrected chi connectivity index (χ3v) is 4.02. The molecule has 0 saturated heterocycles. The van der Waals surface area contributed by atoms with Crippen molar-refractivity contribution in [2.75, 3.05) is 24.3 Å². The number of hydrogen-bond donors (Lipinski definition) is 2. The zero-order valence-corrected chi connectivity index (χ0v) is 14.2. The molecule has 3 rings (SSSR count). The maximum Gasteiger partial charge on any atom is 0.337 e. The molecule has 0 bridgehead atoms. The number of carbonyl (C=O) groups is 1. The number of nitrogens with zero attached hydrogens (tertiary/aromatic N) is 1. The molecular weight excluding hydrogens is 312 g/mol. The summed E-state index contributed by atoms with van der Waals surface area (Å²) in [5.41, 5.74) is 4.77. The van der Waals surface area contributed by atoms with E-state index in [1.54, 1.807) is 6.07 Å². The molecule has 0 spiro atoms. The van der Waals surface area contributed by atoms with Crippen molar-refractivity contribution in [3.8, 4) is 11.1 Å². The van der Waals surface area contributed by atoms with Crippen molar-refractivity contribution in [2.24, 2.45) is 0 Å². The highest BCUT2D eigenvalue weighted by molar-refractivity contribution is 5.96. The quantitative estimate of drug-likeness (QED) is 0.700. The average molecular weight is 332 g/mol. The number of carboxylic acids is 1. The molecule has 0 aromatic heterocycles. The SMILES string of the molecule is CN(C)c1ccc(Nc2cc(-c3ccccc3)ccc2C(=O)O)cc1. The molecule has 126 valence electrons. The molecule has 0 aliphatic rings. The smallest absolute Gasteiger partial charge is 0.337 e. The molecule has 0 fully saturated rings. The van der Waals surface area contributed by atoms with Gasteiger partial charge in [0.25, 0.3) is 0 Å². The van der Waals surface area contributed by atoms with E-state index >= 15 is 0 Å². The van der Waals surface area contributed by atoms with Crippen LogP contribution in [0.4, 0.5) is 17.1 Å². The molecule has 0 heterocycles. The monoisotopic (exact) mass is 332 g/mol. The van der Waals surface area contributed by atoms with Crippen LogP contribution in [0.5, 0.6) is 0 Å². The third kappa shape index (κ3) is 3.80. The molecule has 3 aromatic rings. The molecule has 0 saturated carbocycles. The first-order valence-electron chi connectivity index (χ1n) is 8.02. The minimum Gasteiger partial charge on any atom is -0.478 e. The van der Waals surface area contributed by atoms with Gasteiger partial charge in [0.2, 0.25) is 0 Å². The molecule has 0 atom stereocenters. The van der Waals surface area contributed by atoms with Gasteiger partial charge in [-0.15, -0.1) is 0 Å². The summed E-state index contributed by atoms with van der Waals surface area (Å²) >= 11 is 0. The molecule has 0 aliphatic heterocycles. The Kier molecular flexibility index (Phi) is 4.70. The van der Waals surface area contributed by atoms with Crippen LogP contribution in [0.1, 0.15) is 10.4 Å². The van der Waals surface area contributed by atoms with Crippen molar-refractivity contribution in [1.29, 1.82) is 0 Å². The van der Waals surface area contributed by atoms with Gasteiger partial charge in [0.15, 0.2) is 0 Å². The normalized spacial score (nSPS) is 10.3. The lowest BCUT2D eigenvalue weighted by molar-refractivity contribution is 0.0698. The van der Waals surface area contributed by atoms with Gasteiger partial charge in [0, 0.05) is 25.5 Å². The molecule has 3 aromatic carbocycles. The highest BCUT2D eigenvalue weighted by atomic mass is 16.4. The van der Waals surface area contributed by atoms with Gasteiger partial charge in [-0.2, -0.15) is 0 Å². The Morgan fingerprint density at radius 1 is 0.880 bits per heavy atom. The molecule has 4 nitrogen and oxygen atoms in total. The van der Waals surface area contributed by atoms with E-state index in [0.29, 0.717) is 5.69 Å². The number of rotatable bonds is 5. The van der Waals surface area contributed by atoms with E-state index in [9.17, 15) is 9.90 Å². The van der Waals surface area contributed by atoms with Crippen LogP contribution in [0.25, 0.3) is 11.1 Å². The summed E-state index contributed by atoms with van der Waals surface area (Å²) in [6.07, 6.45) is 0. The highest BCUT2D eigenvalue weighted by Crippen LogP contribution is 2.28. The summed E-state index contributed by atoms with van der Waals surface area (Å²) in [7, 11) is 3.96. The number of anilines is 3. The fourth-order valence-corrected chi connectivity index (χ4v) is 2.64. The van der Waals surface area contributed by atoms with Gasteiger partial charge in [-0.3, -0.25) is 0 Å². The van der Waals surface area contributed by atoms with Crippen LogP contribution in [0.15, 0.2) is 72.8 Å². The Balaban J connectivity index is 1.96. The zero-order valence-electron chi connectivity index (χ0n) is 14.2. The lowest BCUT2D eigenvalue weighted by atomic mass is 10.0. The van der Waals surface area contributed by atoms with Gasteiger partial charge in [-0.05, 0) is 47.5 Å². The van der Waals surface area contributed by atoms with E-state index in [1.165, 1.54) is 0 Å². The molecule has 4 heteroatoms. The second kappa shape index (κ2) is 7.09. The lowest BCUT2D eigenvalue weighted by Crippen LogP contribution is -2.08. The summed E-state index contributed by atoms with van der Waals surface area (Å²) < 4.78 is 0. The Bertz CT molecular complexity index is 872. The van der Waals surface area contributed by atoms with Crippen LogP contribution in [-0.4, -0.2) is 25.2 Å². The first-order chi connectivity index (χ1) is 12.0. The Morgan fingerprint density at radius 2 is 1.56 bits per heavy atom. The van der Waals surface area contributed by atoms with E-state index in [0.717, 1.165) is 22.5 Å². The van der Waals surface area contributed by atoms with Crippen LogP contribution in [0.3, 0.4) is 0 Å². The van der Waals surface area contributed by atoms with Crippen LogP contribution in [-0.2, 0) is 0 Å². The summed E-state index contributed by atoms with van der Waals surface area (Å²) in [4.78, 5) is 13.6. The van der Waals surface area contributed by atoms with Crippen LogP contribution < -0.4 is 10.2 Å². The standard InChI is InChI=1S/C21H20N2O2/c1-23(2)18-11-9-17(10-12-18)22-20-14-16(8-13-19(20)21(24)25)15-6-4-3-5-7-15/h3-14,22H,1-2H3,(H,24,25). The van der Waals surface area contributed by atoms with Gasteiger partial charge in [-0.1, -0.05) is 36.4 Å². The maximum atomic E-state index is 11.6. The van der Waals surface area contributed by atoms with Gasteiger partial charge >= 0.3 is 5.97 Å². The summed E-state index contributed by atoms with van der Waals surface area (Å²) in [5, 5.41) is 12.7. The van der Waals surface area contributed by atoms with Crippen molar-refractivity contribution in [2.45, 2.75) is 0 Å². The third-order valence-electron chi connectivity index (χ3n) is 4.02. The average Bonchev–Trinajstić information content (AvgIpc) is 2.62. The molecule has 0 amide bonds. The first kappa shape index (κ1) is 16.6. The molecule has 2 N–H and O–H groups in total. The number of aromatic carboxylic acids is 1. The summed E-state index contributed by atoms with van der Waals surface area (Å²) in [6.45, 7) is 0. The maximum absolute atomic E-state index is 11.6. The Morgan fingerprint density at radius 3 is 2.16 bits per heavy atom. The van der Waals surface area contributed by atoms with E-state index in [2.05, 4.69) is 5.32 Å². The fourth-order valence-electron chi connectivity index (χ4n) is 2.64. The van der Waals surface area contributed by atoms with E-state index in [4.69, 9.17) is 0 Å². The van der Waals surface area contributed by atoms with Crippen LogP contribution in [0, 0.1) is 0 Å². The second-order valence-electron chi connectivity index (χ2n) is 6.00. The number of carboxylic acid groups (broad SMARTS) is 1. The van der Waals surface area contributed by atoms with Crippen molar-refractivity contribution >= 4 is 23.0 Å². The van der Waals surface area contributed by atoms with E-state index in [1.807, 2.05) is 85.7 Å². The summed E-state index contributed by atoms with van der Waals surface area (Å²) in [6, 6.07) is 23.1. The minimum atomic E-state index is -0.952. The number of nitrogens with one attached hydrogen (secondary N) is 1. The number of hydrogen-bond acceptors (Lipinski definition) is 3. The van der Waals surface area contributed by atoms with Gasteiger partial charge in [0.05, 0.1) is 11.3 Å². The van der Waals surface area contributed by atoms with Crippen LogP contribution in [0.2, 0.25) is 0 Å². The molecule has 0 aliphatic carbocycles.